The van der Waals surface area contributed by atoms with Gasteiger partial charge in [-0.05, 0) is 6.42 Å². The molecule has 2 heterocycles. The Kier molecular flexibility index (Phi) is 14.4. The van der Waals surface area contributed by atoms with Crippen LogP contribution in [0.25, 0.3) is 0 Å². The summed E-state index contributed by atoms with van der Waals surface area (Å²) >= 11 is 0. The van der Waals surface area contributed by atoms with E-state index in [2.05, 4.69) is 6.92 Å². The Hall–Kier alpha value is -0.400. The minimum atomic E-state index is -1.43. The standard InChI is InChI=1S/C24H46O10/c1-2-3-4-5-6-7-8-9-10-11-12-31-24-22(30)21(29)23(18(15-26)33-24)34-19-13-16(27)20(28)17(14-25)32-19/h16-30H,2-15H2,1H3/t16?,17?,18?,19-,20+,21?,22?,23-,24-/m1/s1. The molecular formula is C24H46O10. The molecular weight excluding hydrogens is 448 g/mol. The van der Waals surface area contributed by atoms with Gasteiger partial charge in [-0.15, -0.1) is 0 Å². The van der Waals surface area contributed by atoms with E-state index in [1.165, 1.54) is 44.9 Å². The molecule has 0 radical (unpaired) electrons. The first kappa shape index (κ1) is 29.8. The third-order valence-corrected chi connectivity index (χ3v) is 6.63. The van der Waals surface area contributed by atoms with E-state index in [9.17, 15) is 30.6 Å². The molecule has 0 aromatic rings. The number of aliphatic hydroxyl groups excluding tert-OH is 6. The molecule has 0 amide bonds. The van der Waals surface area contributed by atoms with Crippen molar-refractivity contribution >= 4 is 0 Å². The van der Waals surface area contributed by atoms with E-state index in [0.29, 0.717) is 6.61 Å². The zero-order valence-electron chi connectivity index (χ0n) is 20.4. The molecule has 5 unspecified atom stereocenters. The van der Waals surface area contributed by atoms with Gasteiger partial charge in [-0.25, -0.2) is 0 Å². The summed E-state index contributed by atoms with van der Waals surface area (Å²) in [6.07, 6.45) is 1.15. The molecule has 6 N–H and O–H groups in total. The normalized spacial score (nSPS) is 36.6. The van der Waals surface area contributed by atoms with Crippen molar-refractivity contribution in [3.8, 4) is 0 Å². The molecule has 0 aromatic heterocycles. The van der Waals surface area contributed by atoms with Gasteiger partial charge in [0.15, 0.2) is 12.6 Å². The van der Waals surface area contributed by atoms with Crippen LogP contribution in [0.4, 0.5) is 0 Å². The lowest BCUT2D eigenvalue weighted by Crippen LogP contribution is -2.62. The predicted molar refractivity (Wildman–Crippen MR) is 123 cm³/mol. The summed E-state index contributed by atoms with van der Waals surface area (Å²) in [5.74, 6) is 0. The highest BCUT2D eigenvalue weighted by atomic mass is 16.7. The molecule has 0 saturated carbocycles. The summed E-state index contributed by atoms with van der Waals surface area (Å²) in [5.41, 5.74) is 0. The number of rotatable bonds is 16. The molecule has 0 bridgehead atoms. The van der Waals surface area contributed by atoms with Crippen LogP contribution in [-0.2, 0) is 18.9 Å². The van der Waals surface area contributed by atoms with Crippen molar-refractivity contribution in [2.24, 2.45) is 0 Å². The van der Waals surface area contributed by atoms with Crippen LogP contribution in [0.1, 0.15) is 77.6 Å². The molecule has 202 valence electrons. The van der Waals surface area contributed by atoms with Crippen molar-refractivity contribution in [2.75, 3.05) is 19.8 Å². The second kappa shape index (κ2) is 16.4. The smallest absolute Gasteiger partial charge is 0.186 e. The van der Waals surface area contributed by atoms with Crippen molar-refractivity contribution in [1.82, 2.24) is 0 Å². The van der Waals surface area contributed by atoms with Crippen LogP contribution in [0.5, 0.6) is 0 Å². The van der Waals surface area contributed by atoms with Crippen LogP contribution in [0.3, 0.4) is 0 Å². The van der Waals surface area contributed by atoms with Crippen LogP contribution in [0, 0.1) is 0 Å². The molecule has 34 heavy (non-hydrogen) atoms. The van der Waals surface area contributed by atoms with Gasteiger partial charge in [-0.3, -0.25) is 0 Å². The van der Waals surface area contributed by atoms with E-state index >= 15 is 0 Å². The Morgan fingerprint density at radius 1 is 0.706 bits per heavy atom. The van der Waals surface area contributed by atoms with Gasteiger partial charge in [0.05, 0.1) is 19.3 Å². The number of hydrogen-bond donors (Lipinski definition) is 6. The maximum Gasteiger partial charge on any atom is 0.186 e. The third kappa shape index (κ3) is 9.24. The van der Waals surface area contributed by atoms with Gasteiger partial charge in [0.1, 0.15) is 36.6 Å². The van der Waals surface area contributed by atoms with Crippen LogP contribution in [-0.4, -0.2) is 106 Å². The van der Waals surface area contributed by atoms with Crippen molar-refractivity contribution in [3.63, 3.8) is 0 Å². The van der Waals surface area contributed by atoms with Crippen molar-refractivity contribution < 1.29 is 49.6 Å². The van der Waals surface area contributed by atoms with Gasteiger partial charge >= 0.3 is 0 Å². The Balaban J connectivity index is 1.70. The maximum absolute atomic E-state index is 10.6. The first-order chi connectivity index (χ1) is 16.4. The Morgan fingerprint density at radius 2 is 1.29 bits per heavy atom. The van der Waals surface area contributed by atoms with Gasteiger partial charge in [0.2, 0.25) is 0 Å². The van der Waals surface area contributed by atoms with Crippen LogP contribution in [0.15, 0.2) is 0 Å². The fourth-order valence-corrected chi connectivity index (χ4v) is 4.48. The van der Waals surface area contributed by atoms with Gasteiger partial charge in [0, 0.05) is 13.0 Å². The predicted octanol–water partition coefficient (Wildman–Crippen LogP) is 0.577. The number of hydrogen-bond acceptors (Lipinski definition) is 10. The Morgan fingerprint density at radius 3 is 1.88 bits per heavy atom. The minimum Gasteiger partial charge on any atom is -0.394 e. The van der Waals surface area contributed by atoms with E-state index in [1.807, 2.05) is 0 Å². The molecule has 2 saturated heterocycles. The van der Waals surface area contributed by atoms with Gasteiger partial charge < -0.3 is 49.6 Å². The summed E-state index contributed by atoms with van der Waals surface area (Å²) in [6, 6.07) is 0. The number of aliphatic hydroxyl groups is 6. The highest BCUT2D eigenvalue weighted by molar-refractivity contribution is 4.91. The summed E-state index contributed by atoms with van der Waals surface area (Å²) < 4.78 is 22.4. The third-order valence-electron chi connectivity index (χ3n) is 6.63. The lowest BCUT2D eigenvalue weighted by Gasteiger charge is -2.44. The molecule has 0 aromatic carbocycles. The van der Waals surface area contributed by atoms with Gasteiger partial charge in [-0.2, -0.15) is 0 Å². The van der Waals surface area contributed by atoms with E-state index < -0.39 is 68.5 Å². The Labute approximate surface area is 202 Å². The molecule has 10 nitrogen and oxygen atoms in total. The van der Waals surface area contributed by atoms with Crippen molar-refractivity contribution in [2.45, 2.75) is 133 Å². The number of ether oxygens (including phenoxy) is 4. The van der Waals surface area contributed by atoms with E-state index in [4.69, 9.17) is 18.9 Å². The fourth-order valence-electron chi connectivity index (χ4n) is 4.48. The largest absolute Gasteiger partial charge is 0.394 e. The van der Waals surface area contributed by atoms with Gasteiger partial charge in [0.25, 0.3) is 0 Å². The average molecular weight is 495 g/mol. The summed E-state index contributed by atoms with van der Waals surface area (Å²) in [7, 11) is 0. The van der Waals surface area contributed by atoms with Crippen LogP contribution in [0.2, 0.25) is 0 Å². The van der Waals surface area contributed by atoms with Crippen LogP contribution >= 0.6 is 0 Å². The molecule has 9 atom stereocenters. The van der Waals surface area contributed by atoms with E-state index in [1.54, 1.807) is 0 Å². The topological polar surface area (TPSA) is 158 Å². The molecule has 10 heteroatoms. The molecule has 2 aliphatic rings. The SMILES string of the molecule is CCCCCCCCCCCCO[C@@H]1OC(CO)[C@@H](O[C@@H]2CC(O)[C@H](O)C(CO)O2)C(O)C1O. The first-order valence-corrected chi connectivity index (χ1v) is 12.9. The molecule has 2 fully saturated rings. The lowest BCUT2D eigenvalue weighted by atomic mass is 9.98. The minimum absolute atomic E-state index is 0.103. The summed E-state index contributed by atoms with van der Waals surface area (Å²) in [4.78, 5) is 0. The lowest BCUT2D eigenvalue weighted by molar-refractivity contribution is -0.342. The van der Waals surface area contributed by atoms with Crippen molar-refractivity contribution in [1.29, 1.82) is 0 Å². The fraction of sp³-hybridized carbons (Fsp3) is 1.00. The maximum atomic E-state index is 10.6. The zero-order valence-corrected chi connectivity index (χ0v) is 20.4. The monoisotopic (exact) mass is 494 g/mol. The van der Waals surface area contributed by atoms with E-state index in [-0.39, 0.29) is 6.42 Å². The van der Waals surface area contributed by atoms with E-state index in [0.717, 1.165) is 19.3 Å². The highest BCUT2D eigenvalue weighted by Gasteiger charge is 2.48. The van der Waals surface area contributed by atoms with Crippen LogP contribution < -0.4 is 0 Å². The summed E-state index contributed by atoms with van der Waals surface area (Å²) in [6.45, 7) is 1.56. The molecule has 0 aliphatic carbocycles. The quantitative estimate of drug-likeness (QED) is 0.168. The molecule has 0 spiro atoms. The Bertz CT molecular complexity index is 522. The summed E-state index contributed by atoms with van der Waals surface area (Å²) in [5, 5.41) is 59.9. The molecule has 2 aliphatic heterocycles. The van der Waals surface area contributed by atoms with Gasteiger partial charge in [-0.1, -0.05) is 64.7 Å². The first-order valence-electron chi connectivity index (χ1n) is 12.9. The zero-order chi connectivity index (χ0) is 24.9. The second-order valence-electron chi connectivity index (χ2n) is 9.44. The molecule has 2 rings (SSSR count). The highest BCUT2D eigenvalue weighted by Crippen LogP contribution is 2.29. The number of unbranched alkanes of at least 4 members (excludes halogenated alkanes) is 9. The average Bonchev–Trinajstić information content (AvgIpc) is 2.83. The van der Waals surface area contributed by atoms with Crippen molar-refractivity contribution in [3.05, 3.63) is 0 Å². The second-order valence-corrected chi connectivity index (χ2v) is 9.44.